The molecule has 4 heteroatoms. The number of nitrogens with zero attached hydrogens (tertiary/aromatic N) is 3. The van der Waals surface area contributed by atoms with E-state index in [2.05, 4.69) is 46.1 Å². The molecular formula is C22H25N3O. The van der Waals surface area contributed by atoms with Crippen LogP contribution >= 0.6 is 0 Å². The van der Waals surface area contributed by atoms with Crippen molar-refractivity contribution in [1.82, 2.24) is 14.8 Å². The first-order chi connectivity index (χ1) is 12.8. The van der Waals surface area contributed by atoms with Gasteiger partial charge in [0.1, 0.15) is 12.4 Å². The van der Waals surface area contributed by atoms with Crippen LogP contribution in [0.25, 0.3) is 10.9 Å². The van der Waals surface area contributed by atoms with Crippen molar-refractivity contribution in [3.8, 4) is 5.75 Å². The highest BCUT2D eigenvalue weighted by molar-refractivity contribution is 5.80. The number of aromatic nitrogens is 1. The predicted molar refractivity (Wildman–Crippen MR) is 105 cm³/mol. The topological polar surface area (TPSA) is 28.6 Å². The van der Waals surface area contributed by atoms with Crippen LogP contribution in [-0.2, 0) is 13.2 Å². The van der Waals surface area contributed by atoms with Crippen LogP contribution < -0.4 is 4.74 Å². The molecule has 1 aromatic heterocycles. The van der Waals surface area contributed by atoms with E-state index in [0.29, 0.717) is 6.61 Å². The summed E-state index contributed by atoms with van der Waals surface area (Å²) < 4.78 is 5.96. The Morgan fingerprint density at radius 1 is 0.923 bits per heavy atom. The zero-order chi connectivity index (χ0) is 17.8. The Bertz CT molecular complexity index is 858. The molecule has 1 fully saturated rings. The number of ether oxygens (including phenoxy) is 1. The van der Waals surface area contributed by atoms with Gasteiger partial charge in [0.25, 0.3) is 0 Å². The fourth-order valence-corrected chi connectivity index (χ4v) is 3.34. The average Bonchev–Trinajstić information content (AvgIpc) is 2.69. The van der Waals surface area contributed by atoms with Gasteiger partial charge in [0.2, 0.25) is 0 Å². The minimum absolute atomic E-state index is 0.584. The van der Waals surface area contributed by atoms with Gasteiger partial charge in [-0.15, -0.1) is 0 Å². The van der Waals surface area contributed by atoms with Crippen LogP contribution in [0.15, 0.2) is 60.8 Å². The first-order valence-corrected chi connectivity index (χ1v) is 9.22. The predicted octanol–water partition coefficient (Wildman–Crippen LogP) is 3.56. The maximum Gasteiger partial charge on any atom is 0.120 e. The molecule has 0 atom stereocenters. The molecule has 0 amide bonds. The van der Waals surface area contributed by atoms with E-state index in [9.17, 15) is 0 Å². The fraction of sp³-hybridized carbons (Fsp3) is 0.318. The van der Waals surface area contributed by atoms with Gasteiger partial charge in [0.15, 0.2) is 0 Å². The summed E-state index contributed by atoms with van der Waals surface area (Å²) in [6, 6.07) is 18.6. The van der Waals surface area contributed by atoms with Crippen LogP contribution in [0.4, 0.5) is 0 Å². The maximum atomic E-state index is 5.96. The Kier molecular flexibility index (Phi) is 5.14. The van der Waals surface area contributed by atoms with Crippen molar-refractivity contribution in [2.75, 3.05) is 33.2 Å². The summed E-state index contributed by atoms with van der Waals surface area (Å²) in [7, 11) is 2.19. The van der Waals surface area contributed by atoms with Crippen molar-refractivity contribution < 1.29 is 4.74 Å². The van der Waals surface area contributed by atoms with Gasteiger partial charge in [-0.2, -0.15) is 0 Å². The largest absolute Gasteiger partial charge is 0.489 e. The highest BCUT2D eigenvalue weighted by Crippen LogP contribution is 2.22. The van der Waals surface area contributed by atoms with Gasteiger partial charge < -0.3 is 9.64 Å². The molecule has 26 heavy (non-hydrogen) atoms. The van der Waals surface area contributed by atoms with Crippen LogP contribution in [-0.4, -0.2) is 48.0 Å². The first-order valence-electron chi connectivity index (χ1n) is 9.22. The van der Waals surface area contributed by atoms with E-state index in [1.807, 2.05) is 36.5 Å². The van der Waals surface area contributed by atoms with Crippen molar-refractivity contribution in [1.29, 1.82) is 0 Å². The summed E-state index contributed by atoms with van der Waals surface area (Å²) in [6.45, 7) is 6.06. The second kappa shape index (κ2) is 7.85. The Balaban J connectivity index is 1.46. The van der Waals surface area contributed by atoms with Crippen molar-refractivity contribution in [3.63, 3.8) is 0 Å². The van der Waals surface area contributed by atoms with Crippen molar-refractivity contribution in [3.05, 3.63) is 71.9 Å². The molecular weight excluding hydrogens is 322 g/mol. The molecule has 2 aromatic carbocycles. The summed E-state index contributed by atoms with van der Waals surface area (Å²) in [4.78, 5) is 9.51. The number of piperazine rings is 1. The zero-order valence-corrected chi connectivity index (χ0v) is 15.3. The van der Waals surface area contributed by atoms with Crippen LogP contribution in [0.3, 0.4) is 0 Å². The lowest BCUT2D eigenvalue weighted by molar-refractivity contribution is 0.148. The Labute approximate surface area is 155 Å². The van der Waals surface area contributed by atoms with Crippen LogP contribution in [0, 0.1) is 0 Å². The number of hydrogen-bond acceptors (Lipinski definition) is 4. The van der Waals surface area contributed by atoms with Crippen molar-refractivity contribution in [2.24, 2.45) is 0 Å². The molecule has 1 aliphatic heterocycles. The molecule has 0 unspecified atom stereocenters. The molecule has 4 nitrogen and oxygen atoms in total. The molecule has 3 aromatic rings. The number of hydrogen-bond donors (Lipinski definition) is 0. The van der Waals surface area contributed by atoms with E-state index >= 15 is 0 Å². The molecule has 0 spiro atoms. The van der Waals surface area contributed by atoms with Crippen LogP contribution in [0.2, 0.25) is 0 Å². The third-order valence-corrected chi connectivity index (χ3v) is 4.96. The van der Waals surface area contributed by atoms with Gasteiger partial charge in [-0.1, -0.05) is 30.3 Å². The maximum absolute atomic E-state index is 5.96. The second-order valence-electron chi connectivity index (χ2n) is 7.05. The highest BCUT2D eigenvalue weighted by atomic mass is 16.5. The zero-order valence-electron chi connectivity index (χ0n) is 15.3. The molecule has 0 N–H and O–H groups in total. The highest BCUT2D eigenvalue weighted by Gasteiger charge is 2.14. The summed E-state index contributed by atoms with van der Waals surface area (Å²) in [6.07, 6.45) is 2.01. The van der Waals surface area contributed by atoms with E-state index in [0.717, 1.165) is 49.4 Å². The van der Waals surface area contributed by atoms with E-state index in [-0.39, 0.29) is 0 Å². The Morgan fingerprint density at radius 3 is 2.54 bits per heavy atom. The second-order valence-corrected chi connectivity index (χ2v) is 7.05. The summed E-state index contributed by atoms with van der Waals surface area (Å²) in [5.74, 6) is 0.889. The molecule has 1 aliphatic rings. The number of fused-ring (bicyclic) bond motifs is 1. The molecule has 2 heterocycles. The first kappa shape index (κ1) is 17.0. The van der Waals surface area contributed by atoms with Crippen LogP contribution in [0.5, 0.6) is 5.75 Å². The van der Waals surface area contributed by atoms with Gasteiger partial charge in [-0.3, -0.25) is 9.88 Å². The quantitative estimate of drug-likeness (QED) is 0.706. The lowest BCUT2D eigenvalue weighted by Gasteiger charge is -2.32. The Morgan fingerprint density at radius 2 is 1.73 bits per heavy atom. The summed E-state index contributed by atoms with van der Waals surface area (Å²) >= 11 is 0. The third kappa shape index (κ3) is 4.21. The normalized spacial score (nSPS) is 16.0. The lowest BCUT2D eigenvalue weighted by atomic mass is 10.1. The molecule has 0 saturated carbocycles. The molecule has 1 saturated heterocycles. The summed E-state index contributed by atoms with van der Waals surface area (Å²) in [5, 5.41) is 1.14. The standard InChI is InChI=1S/C22H25N3O/c1-24-9-11-25(12-10-24)16-19-13-20-14-21(7-8-22(20)23-15-19)26-17-18-5-3-2-4-6-18/h2-8,13-15H,9-12,16-17H2,1H3. The third-order valence-electron chi connectivity index (χ3n) is 4.96. The fourth-order valence-electron chi connectivity index (χ4n) is 3.34. The van der Waals surface area contributed by atoms with E-state index in [4.69, 9.17) is 4.74 Å². The number of rotatable bonds is 5. The Hall–Kier alpha value is -2.43. The van der Waals surface area contributed by atoms with Crippen molar-refractivity contribution >= 4 is 10.9 Å². The lowest BCUT2D eigenvalue weighted by Crippen LogP contribution is -2.43. The summed E-state index contributed by atoms with van der Waals surface area (Å²) in [5.41, 5.74) is 3.45. The minimum Gasteiger partial charge on any atom is -0.489 e. The molecule has 0 aliphatic carbocycles. The van der Waals surface area contributed by atoms with Gasteiger partial charge >= 0.3 is 0 Å². The molecule has 134 valence electrons. The van der Waals surface area contributed by atoms with Crippen LogP contribution in [0.1, 0.15) is 11.1 Å². The van der Waals surface area contributed by atoms with Gasteiger partial charge in [0, 0.05) is 44.3 Å². The van der Waals surface area contributed by atoms with Gasteiger partial charge in [-0.25, -0.2) is 0 Å². The molecule has 0 radical (unpaired) electrons. The number of benzene rings is 2. The average molecular weight is 347 g/mol. The molecule has 0 bridgehead atoms. The molecule has 4 rings (SSSR count). The monoisotopic (exact) mass is 347 g/mol. The number of pyridine rings is 1. The van der Waals surface area contributed by atoms with Crippen molar-refractivity contribution in [2.45, 2.75) is 13.2 Å². The van der Waals surface area contributed by atoms with E-state index < -0.39 is 0 Å². The van der Waals surface area contributed by atoms with Gasteiger partial charge in [-0.05, 0) is 42.4 Å². The smallest absolute Gasteiger partial charge is 0.120 e. The van der Waals surface area contributed by atoms with E-state index in [1.165, 1.54) is 11.1 Å². The van der Waals surface area contributed by atoms with Gasteiger partial charge in [0.05, 0.1) is 5.52 Å². The SMILES string of the molecule is CN1CCN(Cc2cnc3ccc(OCc4ccccc4)cc3c2)CC1. The van der Waals surface area contributed by atoms with E-state index in [1.54, 1.807) is 0 Å². The minimum atomic E-state index is 0.584. The number of likely N-dealkylation sites (N-methyl/N-ethyl adjacent to an activating group) is 1.